The van der Waals surface area contributed by atoms with Crippen LogP contribution in [-0.4, -0.2) is 18.5 Å². The number of halogens is 1. The SMILES string of the molecule is CCCC(CN)NC(=O)Cc1ccc(Br)cc1. The molecule has 1 atom stereocenters. The van der Waals surface area contributed by atoms with Gasteiger partial charge in [0.1, 0.15) is 0 Å². The lowest BCUT2D eigenvalue weighted by Gasteiger charge is -2.15. The summed E-state index contributed by atoms with van der Waals surface area (Å²) < 4.78 is 1.02. The Kier molecular flexibility index (Phi) is 6.22. The van der Waals surface area contributed by atoms with Crippen LogP contribution in [0.25, 0.3) is 0 Å². The molecule has 0 heterocycles. The highest BCUT2D eigenvalue weighted by molar-refractivity contribution is 9.10. The standard InChI is InChI=1S/C13H19BrN2O/c1-2-3-12(9-15)16-13(17)8-10-4-6-11(14)7-5-10/h4-7,12H,2-3,8-9,15H2,1H3,(H,16,17). The second-order valence-electron chi connectivity index (χ2n) is 4.09. The van der Waals surface area contributed by atoms with Crippen molar-refractivity contribution in [2.24, 2.45) is 5.73 Å². The van der Waals surface area contributed by atoms with Crippen LogP contribution in [0.2, 0.25) is 0 Å². The fourth-order valence-corrected chi connectivity index (χ4v) is 1.93. The van der Waals surface area contributed by atoms with Crippen LogP contribution in [-0.2, 0) is 11.2 Å². The molecular formula is C13H19BrN2O. The lowest BCUT2D eigenvalue weighted by atomic mass is 10.1. The summed E-state index contributed by atoms with van der Waals surface area (Å²) in [5.74, 6) is 0.0382. The van der Waals surface area contributed by atoms with E-state index in [1.165, 1.54) is 0 Å². The predicted molar refractivity (Wildman–Crippen MR) is 73.7 cm³/mol. The van der Waals surface area contributed by atoms with Crippen molar-refractivity contribution in [3.8, 4) is 0 Å². The van der Waals surface area contributed by atoms with Crippen molar-refractivity contribution in [2.45, 2.75) is 32.2 Å². The number of hydrogen-bond donors (Lipinski definition) is 2. The summed E-state index contributed by atoms with van der Waals surface area (Å²) in [6, 6.07) is 7.87. The highest BCUT2D eigenvalue weighted by Crippen LogP contribution is 2.10. The molecule has 0 bridgehead atoms. The Labute approximate surface area is 111 Å². The van der Waals surface area contributed by atoms with Crippen LogP contribution in [0.5, 0.6) is 0 Å². The molecule has 0 aliphatic carbocycles. The van der Waals surface area contributed by atoms with Gasteiger partial charge in [0.2, 0.25) is 5.91 Å². The molecule has 0 radical (unpaired) electrons. The first kappa shape index (κ1) is 14.2. The van der Waals surface area contributed by atoms with Crippen LogP contribution in [0.15, 0.2) is 28.7 Å². The lowest BCUT2D eigenvalue weighted by molar-refractivity contribution is -0.121. The number of nitrogens with two attached hydrogens (primary N) is 1. The maximum Gasteiger partial charge on any atom is 0.224 e. The van der Waals surface area contributed by atoms with Crippen LogP contribution >= 0.6 is 15.9 Å². The van der Waals surface area contributed by atoms with Crippen molar-refractivity contribution in [2.75, 3.05) is 6.54 Å². The van der Waals surface area contributed by atoms with Gasteiger partial charge in [0.05, 0.1) is 6.42 Å². The summed E-state index contributed by atoms with van der Waals surface area (Å²) in [5.41, 5.74) is 6.61. The Hall–Kier alpha value is -0.870. The molecule has 0 aromatic heterocycles. The van der Waals surface area contributed by atoms with Crippen molar-refractivity contribution < 1.29 is 4.79 Å². The predicted octanol–water partition coefficient (Wildman–Crippen LogP) is 2.24. The summed E-state index contributed by atoms with van der Waals surface area (Å²) in [7, 11) is 0. The van der Waals surface area contributed by atoms with E-state index in [0.717, 1.165) is 22.9 Å². The Morgan fingerprint density at radius 1 is 1.41 bits per heavy atom. The van der Waals surface area contributed by atoms with E-state index < -0.39 is 0 Å². The van der Waals surface area contributed by atoms with Gasteiger partial charge >= 0.3 is 0 Å². The van der Waals surface area contributed by atoms with E-state index in [9.17, 15) is 4.79 Å². The van der Waals surface area contributed by atoms with E-state index in [-0.39, 0.29) is 11.9 Å². The number of nitrogens with one attached hydrogen (secondary N) is 1. The Morgan fingerprint density at radius 2 is 2.06 bits per heavy atom. The Morgan fingerprint density at radius 3 is 2.59 bits per heavy atom. The molecule has 1 unspecified atom stereocenters. The molecule has 0 saturated heterocycles. The second kappa shape index (κ2) is 7.45. The normalized spacial score (nSPS) is 12.2. The molecule has 3 nitrogen and oxygen atoms in total. The fraction of sp³-hybridized carbons (Fsp3) is 0.462. The average Bonchev–Trinajstić information content (AvgIpc) is 2.31. The van der Waals surface area contributed by atoms with E-state index in [1.807, 2.05) is 24.3 Å². The molecule has 17 heavy (non-hydrogen) atoms. The zero-order valence-electron chi connectivity index (χ0n) is 10.1. The largest absolute Gasteiger partial charge is 0.352 e. The van der Waals surface area contributed by atoms with Gasteiger partial charge in [-0.15, -0.1) is 0 Å². The van der Waals surface area contributed by atoms with E-state index in [4.69, 9.17) is 5.73 Å². The van der Waals surface area contributed by atoms with Crippen molar-refractivity contribution in [1.82, 2.24) is 5.32 Å². The Balaban J connectivity index is 2.46. The number of amides is 1. The lowest BCUT2D eigenvalue weighted by Crippen LogP contribution is -2.40. The molecule has 0 aliphatic rings. The molecule has 1 amide bonds. The number of rotatable bonds is 6. The average molecular weight is 299 g/mol. The molecule has 1 rings (SSSR count). The summed E-state index contributed by atoms with van der Waals surface area (Å²) in [5, 5.41) is 2.96. The number of carbonyl (C=O) groups is 1. The van der Waals surface area contributed by atoms with Crippen LogP contribution in [0.4, 0.5) is 0 Å². The molecular weight excluding hydrogens is 280 g/mol. The van der Waals surface area contributed by atoms with Gasteiger partial charge in [-0.05, 0) is 24.1 Å². The minimum Gasteiger partial charge on any atom is -0.352 e. The second-order valence-corrected chi connectivity index (χ2v) is 5.01. The minimum absolute atomic E-state index is 0.0382. The Bertz CT molecular complexity index is 351. The quantitative estimate of drug-likeness (QED) is 0.846. The molecule has 3 N–H and O–H groups in total. The van der Waals surface area contributed by atoms with E-state index in [0.29, 0.717) is 13.0 Å². The van der Waals surface area contributed by atoms with Gasteiger partial charge in [0, 0.05) is 17.1 Å². The molecule has 0 saturated carbocycles. The first-order valence-electron chi connectivity index (χ1n) is 5.89. The third kappa shape index (κ3) is 5.33. The van der Waals surface area contributed by atoms with Gasteiger partial charge in [-0.1, -0.05) is 41.4 Å². The van der Waals surface area contributed by atoms with Gasteiger partial charge in [-0.25, -0.2) is 0 Å². The third-order valence-electron chi connectivity index (χ3n) is 2.56. The summed E-state index contributed by atoms with van der Waals surface area (Å²) >= 11 is 3.37. The molecule has 1 aromatic rings. The zero-order chi connectivity index (χ0) is 12.7. The zero-order valence-corrected chi connectivity index (χ0v) is 11.7. The van der Waals surface area contributed by atoms with Crippen LogP contribution < -0.4 is 11.1 Å². The summed E-state index contributed by atoms with van der Waals surface area (Å²) in [6.45, 7) is 2.59. The van der Waals surface area contributed by atoms with Crippen LogP contribution in [0, 0.1) is 0 Å². The number of hydrogen-bond acceptors (Lipinski definition) is 2. The highest BCUT2D eigenvalue weighted by Gasteiger charge is 2.09. The van der Waals surface area contributed by atoms with Gasteiger partial charge in [-0.3, -0.25) is 4.79 Å². The molecule has 0 aliphatic heterocycles. The fourth-order valence-electron chi connectivity index (χ4n) is 1.66. The molecule has 0 fully saturated rings. The van der Waals surface area contributed by atoms with E-state index in [2.05, 4.69) is 28.2 Å². The topological polar surface area (TPSA) is 55.1 Å². The van der Waals surface area contributed by atoms with Crippen LogP contribution in [0.1, 0.15) is 25.3 Å². The number of carbonyl (C=O) groups excluding carboxylic acids is 1. The van der Waals surface area contributed by atoms with Crippen molar-refractivity contribution >= 4 is 21.8 Å². The number of benzene rings is 1. The van der Waals surface area contributed by atoms with Gasteiger partial charge in [0.25, 0.3) is 0 Å². The molecule has 4 heteroatoms. The summed E-state index contributed by atoms with van der Waals surface area (Å²) in [6.07, 6.45) is 2.37. The first-order valence-corrected chi connectivity index (χ1v) is 6.69. The van der Waals surface area contributed by atoms with Gasteiger partial charge in [-0.2, -0.15) is 0 Å². The van der Waals surface area contributed by atoms with E-state index >= 15 is 0 Å². The monoisotopic (exact) mass is 298 g/mol. The van der Waals surface area contributed by atoms with Crippen molar-refractivity contribution in [3.63, 3.8) is 0 Å². The maximum atomic E-state index is 11.8. The minimum atomic E-state index is 0.0382. The highest BCUT2D eigenvalue weighted by atomic mass is 79.9. The van der Waals surface area contributed by atoms with Crippen LogP contribution in [0.3, 0.4) is 0 Å². The van der Waals surface area contributed by atoms with Crippen molar-refractivity contribution in [3.05, 3.63) is 34.3 Å². The van der Waals surface area contributed by atoms with Crippen molar-refractivity contribution in [1.29, 1.82) is 0 Å². The maximum absolute atomic E-state index is 11.8. The first-order chi connectivity index (χ1) is 8.15. The third-order valence-corrected chi connectivity index (χ3v) is 3.09. The smallest absolute Gasteiger partial charge is 0.224 e. The van der Waals surface area contributed by atoms with E-state index in [1.54, 1.807) is 0 Å². The summed E-state index contributed by atoms with van der Waals surface area (Å²) in [4.78, 5) is 11.8. The van der Waals surface area contributed by atoms with Gasteiger partial charge in [0.15, 0.2) is 0 Å². The van der Waals surface area contributed by atoms with Gasteiger partial charge < -0.3 is 11.1 Å². The molecule has 1 aromatic carbocycles. The molecule has 94 valence electrons. The molecule has 0 spiro atoms.